The minimum Gasteiger partial charge on any atom is -0.494 e. The Kier molecular flexibility index (Phi) is 10.8. The van der Waals surface area contributed by atoms with Crippen molar-refractivity contribution < 1.29 is 29.0 Å². The van der Waals surface area contributed by atoms with Gasteiger partial charge in [-0.1, -0.05) is 30.7 Å². The number of unbranched alkanes of at least 4 members (excludes halogenated alkanes) is 2. The summed E-state index contributed by atoms with van der Waals surface area (Å²) in [5, 5.41) is 9.93. The van der Waals surface area contributed by atoms with Crippen LogP contribution in [0.3, 0.4) is 0 Å². The summed E-state index contributed by atoms with van der Waals surface area (Å²) in [6.45, 7) is 13.0. The Morgan fingerprint density at radius 2 is 1.60 bits per heavy atom. The van der Waals surface area contributed by atoms with Crippen LogP contribution >= 0.6 is 11.6 Å². The number of likely N-dealkylation sites (tertiary alicyclic amines) is 1. The fourth-order valence-electron chi connectivity index (χ4n) is 7.91. The number of amides is 3. The van der Waals surface area contributed by atoms with Crippen LogP contribution in [0, 0.1) is 11.8 Å². The molecule has 252 valence electrons. The zero-order chi connectivity index (χ0) is 33.8. The fraction of sp³-hybridized carbons (Fsp3) is 0.486. The van der Waals surface area contributed by atoms with Crippen LogP contribution in [0.1, 0.15) is 52.4 Å². The summed E-state index contributed by atoms with van der Waals surface area (Å²) < 4.78 is 12.6. The quantitative estimate of drug-likeness (QED) is 0.180. The Labute approximate surface area is 282 Å². The minimum absolute atomic E-state index is 0.0515. The second-order valence-electron chi connectivity index (χ2n) is 12.5. The number of halogens is 1. The summed E-state index contributed by atoms with van der Waals surface area (Å²) in [4.78, 5) is 49.2. The lowest BCUT2D eigenvalue weighted by molar-refractivity contribution is -0.146. The van der Waals surface area contributed by atoms with Gasteiger partial charge in [-0.15, -0.1) is 13.2 Å². The van der Waals surface area contributed by atoms with Gasteiger partial charge in [0, 0.05) is 42.6 Å². The average Bonchev–Trinajstić information content (AvgIpc) is 3.68. The molecule has 5 rings (SSSR count). The van der Waals surface area contributed by atoms with Crippen LogP contribution in [-0.4, -0.2) is 77.8 Å². The summed E-state index contributed by atoms with van der Waals surface area (Å²) in [6.07, 6.45) is 6.78. The zero-order valence-electron chi connectivity index (χ0n) is 27.4. The Bertz CT molecular complexity index is 1470. The first-order valence-corrected chi connectivity index (χ1v) is 17.0. The van der Waals surface area contributed by atoms with Crippen molar-refractivity contribution in [2.75, 3.05) is 42.6 Å². The third-order valence-corrected chi connectivity index (χ3v) is 10.2. The van der Waals surface area contributed by atoms with Gasteiger partial charge < -0.3 is 29.3 Å². The maximum absolute atomic E-state index is 14.8. The number of ether oxygens (including phenoxy) is 2. The molecule has 2 aromatic rings. The molecule has 0 saturated carbocycles. The molecule has 2 aromatic carbocycles. The smallest absolute Gasteiger partial charge is 0.253 e. The van der Waals surface area contributed by atoms with E-state index in [2.05, 4.69) is 13.2 Å². The van der Waals surface area contributed by atoms with Crippen molar-refractivity contribution in [3.63, 3.8) is 0 Å². The van der Waals surface area contributed by atoms with E-state index < -0.39 is 29.1 Å². The predicted octanol–water partition coefficient (Wildman–Crippen LogP) is 5.79. The Morgan fingerprint density at radius 3 is 2.17 bits per heavy atom. The van der Waals surface area contributed by atoms with Crippen LogP contribution in [0.15, 0.2) is 73.8 Å². The molecule has 3 aliphatic heterocycles. The van der Waals surface area contributed by atoms with E-state index in [4.69, 9.17) is 21.1 Å². The van der Waals surface area contributed by atoms with Crippen LogP contribution in [0.25, 0.3) is 0 Å². The molecule has 3 amide bonds. The first-order valence-electron chi connectivity index (χ1n) is 16.7. The monoisotopic (exact) mass is 663 g/mol. The highest BCUT2D eigenvalue weighted by Gasteiger charge is 2.79. The van der Waals surface area contributed by atoms with E-state index in [9.17, 15) is 19.5 Å². The number of anilines is 2. The molecule has 3 aliphatic rings. The number of aliphatic hydroxyl groups excluding tert-OH is 1. The molecule has 9 nitrogen and oxygen atoms in total. The first kappa shape index (κ1) is 34.7. The van der Waals surface area contributed by atoms with Gasteiger partial charge in [-0.3, -0.25) is 14.4 Å². The second-order valence-corrected chi connectivity index (χ2v) is 13.0. The maximum atomic E-state index is 14.8. The van der Waals surface area contributed by atoms with E-state index >= 15 is 0 Å². The largest absolute Gasteiger partial charge is 0.494 e. The Hall–Kier alpha value is -3.66. The van der Waals surface area contributed by atoms with Gasteiger partial charge in [-0.25, -0.2) is 0 Å². The van der Waals surface area contributed by atoms with Crippen molar-refractivity contribution in [1.82, 2.24) is 4.90 Å². The van der Waals surface area contributed by atoms with Crippen molar-refractivity contribution in [3.8, 4) is 5.75 Å². The molecule has 10 heteroatoms. The Morgan fingerprint density at radius 1 is 0.979 bits per heavy atom. The third kappa shape index (κ3) is 6.21. The molecular formula is C37H46ClN3O6. The van der Waals surface area contributed by atoms with E-state index in [1.807, 2.05) is 38.1 Å². The number of hydrogen-bond acceptors (Lipinski definition) is 6. The lowest BCUT2D eigenvalue weighted by Crippen LogP contribution is -2.56. The van der Waals surface area contributed by atoms with E-state index in [0.717, 1.165) is 0 Å². The molecule has 5 atom stereocenters. The summed E-state index contributed by atoms with van der Waals surface area (Å²) in [5.41, 5.74) is -0.774. The van der Waals surface area contributed by atoms with Gasteiger partial charge in [-0.2, -0.15) is 0 Å². The van der Waals surface area contributed by atoms with Crippen LogP contribution in [0.5, 0.6) is 5.75 Å². The molecule has 2 bridgehead atoms. The van der Waals surface area contributed by atoms with Crippen molar-refractivity contribution in [3.05, 3.63) is 78.9 Å². The van der Waals surface area contributed by atoms with E-state index in [-0.39, 0.29) is 37.4 Å². The number of hydrogen-bond donors (Lipinski definition) is 1. The van der Waals surface area contributed by atoms with Gasteiger partial charge >= 0.3 is 0 Å². The highest BCUT2D eigenvalue weighted by Crippen LogP contribution is 2.65. The SMILES string of the molecule is C=CCN(C(=O)C1N(CCCCCO)C(=O)[C@@H]2[C@H](C(=O)N(CC=C)c3ccc(OCC)cc3)[C@]3(CC)CCC12O3)c1ccc(Cl)cc1. The Balaban J connectivity index is 1.57. The van der Waals surface area contributed by atoms with E-state index in [0.29, 0.717) is 73.8 Å². The average molecular weight is 664 g/mol. The lowest BCUT2D eigenvalue weighted by Gasteiger charge is -2.37. The van der Waals surface area contributed by atoms with Crippen molar-refractivity contribution >= 4 is 40.7 Å². The van der Waals surface area contributed by atoms with Crippen LogP contribution < -0.4 is 14.5 Å². The van der Waals surface area contributed by atoms with E-state index in [1.165, 1.54) is 0 Å². The topological polar surface area (TPSA) is 99.6 Å². The van der Waals surface area contributed by atoms with Gasteiger partial charge in [0.1, 0.15) is 17.4 Å². The van der Waals surface area contributed by atoms with Gasteiger partial charge in [0.15, 0.2) is 0 Å². The third-order valence-electron chi connectivity index (χ3n) is 9.99. The normalized spacial score (nSPS) is 25.8. The van der Waals surface area contributed by atoms with Gasteiger partial charge in [0.25, 0.3) is 5.91 Å². The number of fused-ring (bicyclic) bond motifs is 1. The summed E-state index contributed by atoms with van der Waals surface area (Å²) in [5.74, 6) is -1.66. The molecule has 3 fully saturated rings. The molecule has 0 radical (unpaired) electrons. The molecular weight excluding hydrogens is 618 g/mol. The number of carbonyl (C=O) groups is 3. The minimum atomic E-state index is -1.17. The molecule has 3 heterocycles. The second kappa shape index (κ2) is 14.6. The zero-order valence-corrected chi connectivity index (χ0v) is 28.2. The molecule has 1 spiro atoms. The van der Waals surface area contributed by atoms with Gasteiger partial charge in [0.2, 0.25) is 11.8 Å². The number of rotatable bonds is 16. The van der Waals surface area contributed by atoms with E-state index in [1.54, 1.807) is 51.1 Å². The van der Waals surface area contributed by atoms with Gasteiger partial charge in [-0.05, 0) is 94.0 Å². The summed E-state index contributed by atoms with van der Waals surface area (Å²) in [7, 11) is 0. The standard InChI is InChI=1S/C37H46ClN3O6/c1-5-22-39(28-16-18-29(19-17-28)46-8-4)33(43)30-31-34(44)41(24-10-9-11-25-42)32(37(31)21-20-36(30,7-3)47-37)35(45)40(23-6-2)27-14-12-26(38)13-15-27/h5-6,12-19,30-32,42H,1-2,7-11,20-25H2,3-4H3/t30-,31+,32?,36+,37?/m1/s1. The van der Waals surface area contributed by atoms with Crippen molar-refractivity contribution in [2.45, 2.75) is 69.6 Å². The number of carbonyl (C=O) groups excluding carboxylic acids is 3. The number of benzene rings is 2. The van der Waals surface area contributed by atoms with Crippen LogP contribution in [0.4, 0.5) is 11.4 Å². The first-order chi connectivity index (χ1) is 22.7. The van der Waals surface area contributed by atoms with Gasteiger partial charge in [0.05, 0.1) is 24.0 Å². The summed E-state index contributed by atoms with van der Waals surface area (Å²) in [6, 6.07) is 13.4. The van der Waals surface area contributed by atoms with Crippen molar-refractivity contribution in [2.24, 2.45) is 11.8 Å². The highest BCUT2D eigenvalue weighted by atomic mass is 35.5. The fourth-order valence-corrected chi connectivity index (χ4v) is 8.04. The molecule has 3 saturated heterocycles. The molecule has 0 aromatic heterocycles. The van der Waals surface area contributed by atoms with Crippen LogP contribution in [-0.2, 0) is 19.1 Å². The maximum Gasteiger partial charge on any atom is 0.253 e. The molecule has 2 unspecified atom stereocenters. The lowest BCUT2D eigenvalue weighted by atomic mass is 9.64. The molecule has 0 aliphatic carbocycles. The highest BCUT2D eigenvalue weighted by molar-refractivity contribution is 6.30. The molecule has 1 N–H and O–H groups in total. The molecule has 47 heavy (non-hydrogen) atoms. The number of nitrogens with zero attached hydrogens (tertiary/aromatic N) is 3. The summed E-state index contributed by atoms with van der Waals surface area (Å²) >= 11 is 6.18. The number of aliphatic hydroxyl groups is 1. The predicted molar refractivity (Wildman–Crippen MR) is 184 cm³/mol. The van der Waals surface area contributed by atoms with Crippen LogP contribution in [0.2, 0.25) is 5.02 Å². The van der Waals surface area contributed by atoms with Crippen molar-refractivity contribution in [1.29, 1.82) is 0 Å².